The average Bonchev–Trinajstić information content (AvgIpc) is 0.672. The number of carbonyl (C=O) groups excluding carboxylic acids is 11. The highest BCUT2D eigenvalue weighted by molar-refractivity contribution is 5.95. The van der Waals surface area contributed by atoms with E-state index in [0.29, 0.717) is 12.8 Å². The Labute approximate surface area is 521 Å². The zero-order chi connectivity index (χ0) is 66.5. The number of methoxy groups -OCH3 is 1. The molecule has 1 unspecified atom stereocenters. The first kappa shape index (κ1) is 71.4. The summed E-state index contributed by atoms with van der Waals surface area (Å²) in [5.74, 6) is -10.9. The van der Waals surface area contributed by atoms with E-state index in [1.165, 1.54) is 59.1 Å². The van der Waals surface area contributed by atoms with Crippen molar-refractivity contribution >= 4 is 65.2 Å². The van der Waals surface area contributed by atoms with Crippen molar-refractivity contribution < 1.29 is 111 Å². The van der Waals surface area contributed by atoms with Crippen LogP contribution in [0, 0.1) is 22.7 Å². The van der Waals surface area contributed by atoms with Gasteiger partial charge in [-0.15, -0.1) is 0 Å². The van der Waals surface area contributed by atoms with Crippen LogP contribution in [-0.4, -0.2) is 194 Å². The Kier molecular flexibility index (Phi) is 24.1. The monoisotopic (exact) mass is 1260 g/mol. The first-order valence-electron chi connectivity index (χ1n) is 29.8. The Balaban J connectivity index is 1.23. The zero-order valence-electron chi connectivity index (χ0n) is 52.4. The zero-order valence-corrected chi connectivity index (χ0v) is 52.4. The van der Waals surface area contributed by atoms with Crippen molar-refractivity contribution in [2.45, 2.75) is 160 Å². The second-order valence-corrected chi connectivity index (χ2v) is 24.6. The molecule has 7 N–H and O–H groups in total. The van der Waals surface area contributed by atoms with Crippen LogP contribution in [0.3, 0.4) is 0 Å². The third-order valence-electron chi connectivity index (χ3n) is 16.9. The summed E-state index contributed by atoms with van der Waals surface area (Å²) in [5.41, 5.74) is -9.32. The van der Waals surface area contributed by atoms with Gasteiger partial charge in [0.1, 0.15) is 61.5 Å². The molecule has 2 aromatic rings. The van der Waals surface area contributed by atoms with E-state index < -0.39 is 174 Å². The SMILES string of the molecule is CCOC(=O)[C@H](CCCCNC(=O)COCC(=O)O[C@@H](C(=O)O[C@H]1C[C@@]2(O)[C@@H](OC(=O)c3ccccc3)[C@@H]3[C@]4(OC(C)=O)CO[C@@H]4C[C@H](O)[C@@]3(C)C(=O)[C@H](O)C(=C1C)C2(C)C)C(NC(=O)OC(C)(C)C)c1ccccc1)CC(=O)CNC(=O)CNC(=O)COC. The normalized spacial score (nSPS) is 25.9. The van der Waals surface area contributed by atoms with Crippen molar-refractivity contribution in [3.8, 4) is 0 Å². The predicted octanol–water partition coefficient (Wildman–Crippen LogP) is 2.13. The van der Waals surface area contributed by atoms with Gasteiger partial charge in [0.15, 0.2) is 17.2 Å². The first-order chi connectivity index (χ1) is 42.3. The lowest BCUT2D eigenvalue weighted by atomic mass is 9.44. The number of ketones is 2. The molecule has 0 radical (unpaired) electrons. The number of nitrogens with one attached hydrogen (secondary N) is 4. The number of benzene rings is 2. The Bertz CT molecular complexity index is 3000. The average molecular weight is 1270 g/mol. The molecule has 1 saturated heterocycles. The molecule has 27 nitrogen and oxygen atoms in total. The van der Waals surface area contributed by atoms with Crippen LogP contribution in [-0.2, 0) is 85.8 Å². The van der Waals surface area contributed by atoms with Crippen LogP contribution in [0.15, 0.2) is 71.8 Å². The molecule has 2 saturated carbocycles. The number of ether oxygens (including phenoxy) is 9. The summed E-state index contributed by atoms with van der Waals surface area (Å²) >= 11 is 0. The van der Waals surface area contributed by atoms with Crippen molar-refractivity contribution in [2.24, 2.45) is 22.7 Å². The van der Waals surface area contributed by atoms with E-state index in [-0.39, 0.29) is 74.4 Å². The van der Waals surface area contributed by atoms with Crippen LogP contribution in [0.5, 0.6) is 0 Å². The molecule has 1 heterocycles. The lowest BCUT2D eigenvalue weighted by Crippen LogP contribution is -2.81. The number of esters is 5. The maximum atomic E-state index is 15.3. The van der Waals surface area contributed by atoms with Crippen molar-refractivity contribution in [3.63, 3.8) is 0 Å². The lowest BCUT2D eigenvalue weighted by Gasteiger charge is -2.67. The van der Waals surface area contributed by atoms with Crippen molar-refractivity contribution in [2.75, 3.05) is 59.8 Å². The number of aliphatic hydroxyl groups excluding tert-OH is 2. The third-order valence-corrected chi connectivity index (χ3v) is 16.9. The predicted molar refractivity (Wildman–Crippen MR) is 313 cm³/mol. The molecular weight excluding hydrogens is 1180 g/mol. The van der Waals surface area contributed by atoms with Gasteiger partial charge in [-0.05, 0) is 83.2 Å². The molecule has 4 amide bonds. The van der Waals surface area contributed by atoms with Crippen LogP contribution < -0.4 is 21.3 Å². The molecule has 494 valence electrons. The van der Waals surface area contributed by atoms with E-state index in [9.17, 15) is 58.5 Å². The summed E-state index contributed by atoms with van der Waals surface area (Å²) in [6.45, 7) is 10.3. The number of carbonyl (C=O) groups is 11. The van der Waals surface area contributed by atoms with Gasteiger partial charge in [-0.2, -0.15) is 0 Å². The van der Waals surface area contributed by atoms with E-state index in [1.807, 2.05) is 0 Å². The third kappa shape index (κ3) is 16.6. The van der Waals surface area contributed by atoms with Crippen LogP contribution in [0.2, 0.25) is 0 Å². The maximum absolute atomic E-state index is 15.3. The molecule has 2 aromatic carbocycles. The lowest BCUT2D eigenvalue weighted by molar-refractivity contribution is -0.346. The fourth-order valence-corrected chi connectivity index (χ4v) is 12.4. The number of fused-ring (bicyclic) bond motifs is 5. The van der Waals surface area contributed by atoms with Gasteiger partial charge >= 0.3 is 35.9 Å². The number of aliphatic hydroxyl groups is 3. The van der Waals surface area contributed by atoms with Crippen LogP contribution in [0.25, 0.3) is 0 Å². The van der Waals surface area contributed by atoms with Crippen molar-refractivity contribution in [1.29, 1.82) is 0 Å². The van der Waals surface area contributed by atoms with E-state index >= 15 is 9.59 Å². The minimum absolute atomic E-state index is 0.00590. The molecule has 3 aliphatic carbocycles. The number of rotatable bonds is 28. The molecule has 27 heteroatoms. The smallest absolute Gasteiger partial charge is 0.408 e. The summed E-state index contributed by atoms with van der Waals surface area (Å²) in [7, 11) is 1.31. The summed E-state index contributed by atoms with van der Waals surface area (Å²) in [6.07, 6.45) is -12.0. The molecular formula is C63H84N4O23. The number of Topliss-reactive ketones (excluding diaryl/α,β-unsaturated/α-hetero) is 2. The van der Waals surface area contributed by atoms with E-state index in [1.54, 1.807) is 64.1 Å². The molecule has 3 fully saturated rings. The standard InChI is InChI=1S/C63H84N4O23/c1-11-84-55(77)39(26-40(69)29-65-44(71)30-66-45(72)31-82-10)24-18-19-25-64-46(73)32-83-33-47(74)87-51(49(37-20-14-12-15-21-37)67-58(80)90-59(4,5)6)57(79)86-41-28-63(81)54(88-56(78)38-22-16-13-17-23-38)52-61(9,53(76)50(75)48(35(41)2)60(63,7)8)42(70)27-43-62(52,34-85-43)89-36(3)68/h12-17,20-23,39,41-43,49-52,54,70,75,81H,11,18-19,24-34H2,1-10H3,(H,64,73)(H,65,71)(H,66,72)(H,67,80)/t39-,41+,42+,43-,49?,50-,51-,52+,54+,61-,62+,63-/m1/s1. The number of hydrogen-bond donors (Lipinski definition) is 7. The van der Waals surface area contributed by atoms with Crippen molar-refractivity contribution in [3.05, 3.63) is 82.9 Å². The van der Waals surface area contributed by atoms with E-state index in [2.05, 4.69) is 26.0 Å². The number of alkyl carbamates (subject to hydrolysis) is 1. The topological polar surface area (TPSA) is 380 Å². The number of amides is 4. The van der Waals surface area contributed by atoms with Crippen LogP contribution in [0.4, 0.5) is 4.79 Å². The first-order valence-corrected chi connectivity index (χ1v) is 29.8. The summed E-state index contributed by atoms with van der Waals surface area (Å²) in [6, 6.07) is 13.8. The van der Waals surface area contributed by atoms with Gasteiger partial charge in [-0.1, -0.05) is 68.8 Å². The summed E-state index contributed by atoms with van der Waals surface area (Å²) < 4.78 is 51.3. The Morgan fingerprint density at radius 1 is 0.811 bits per heavy atom. The molecule has 0 aromatic heterocycles. The largest absolute Gasteiger partial charge is 0.466 e. The quantitative estimate of drug-likeness (QED) is 0.0278. The van der Waals surface area contributed by atoms with Crippen molar-refractivity contribution in [1.82, 2.24) is 21.3 Å². The maximum Gasteiger partial charge on any atom is 0.408 e. The van der Waals surface area contributed by atoms with Gasteiger partial charge in [-0.3, -0.25) is 33.6 Å². The highest BCUT2D eigenvalue weighted by Crippen LogP contribution is 2.64. The summed E-state index contributed by atoms with van der Waals surface area (Å²) in [4.78, 5) is 148. The van der Waals surface area contributed by atoms with Crippen LogP contribution >= 0.6 is 0 Å². The minimum atomic E-state index is -2.52. The number of hydrogen-bond acceptors (Lipinski definition) is 23. The molecule has 0 spiro atoms. The Morgan fingerprint density at radius 2 is 1.46 bits per heavy atom. The van der Waals surface area contributed by atoms with Gasteiger partial charge < -0.3 is 79.2 Å². The van der Waals surface area contributed by atoms with Gasteiger partial charge in [0.2, 0.25) is 23.8 Å². The van der Waals surface area contributed by atoms with Gasteiger partial charge in [0, 0.05) is 45.3 Å². The summed E-state index contributed by atoms with van der Waals surface area (Å²) in [5, 5.41) is 48.4. The number of unbranched alkanes of at least 4 members (excludes halogenated alkanes) is 1. The van der Waals surface area contributed by atoms with Crippen LogP contribution in [0.1, 0.15) is 123 Å². The molecule has 12 atom stereocenters. The molecule has 1 aliphatic heterocycles. The fraction of sp³-hybridized carbons (Fsp3) is 0.603. The Hall–Kier alpha value is -7.69. The molecule has 6 rings (SSSR count). The highest BCUT2D eigenvalue weighted by atomic mass is 16.6. The fourth-order valence-electron chi connectivity index (χ4n) is 12.4. The molecule has 2 bridgehead atoms. The highest BCUT2D eigenvalue weighted by Gasteiger charge is 2.78. The van der Waals surface area contributed by atoms with E-state index in [4.69, 9.17) is 37.9 Å². The minimum Gasteiger partial charge on any atom is -0.466 e. The Morgan fingerprint density at radius 3 is 2.07 bits per heavy atom. The van der Waals surface area contributed by atoms with Gasteiger partial charge in [0.05, 0.1) is 55.2 Å². The molecule has 90 heavy (non-hydrogen) atoms. The van der Waals surface area contributed by atoms with Gasteiger partial charge in [0.25, 0.3) is 0 Å². The van der Waals surface area contributed by atoms with Gasteiger partial charge in [-0.25, -0.2) is 19.2 Å². The molecule has 4 aliphatic rings. The van der Waals surface area contributed by atoms with E-state index in [0.717, 1.165) is 6.92 Å². The second-order valence-electron chi connectivity index (χ2n) is 24.6. The second kappa shape index (κ2) is 30.4.